The predicted octanol–water partition coefficient (Wildman–Crippen LogP) is 4.24. The normalized spacial score (nSPS) is 17.8. The largest absolute Gasteiger partial charge is 0.495 e. The van der Waals surface area contributed by atoms with Crippen LogP contribution in [0.15, 0.2) is 54.7 Å². The SMILES string of the molecule is COc1ccc2c(c1Nc1nc(N3OCC[C@H]3c3ccccc3)c3cc[nH]c3n1)CCNC2. The molecule has 0 radical (unpaired) electrons. The monoisotopic (exact) mass is 442 g/mol. The molecule has 8 heteroatoms. The van der Waals surface area contributed by atoms with Gasteiger partial charge in [-0.1, -0.05) is 36.4 Å². The lowest BCUT2D eigenvalue weighted by Gasteiger charge is -2.25. The van der Waals surface area contributed by atoms with Gasteiger partial charge in [-0.2, -0.15) is 9.97 Å². The van der Waals surface area contributed by atoms with Gasteiger partial charge in [-0.3, -0.25) is 4.84 Å². The third kappa shape index (κ3) is 3.57. The molecule has 2 aliphatic heterocycles. The predicted molar refractivity (Wildman–Crippen MR) is 128 cm³/mol. The Morgan fingerprint density at radius 3 is 2.91 bits per heavy atom. The number of anilines is 3. The number of rotatable bonds is 5. The molecule has 0 bridgehead atoms. The summed E-state index contributed by atoms with van der Waals surface area (Å²) >= 11 is 0. The van der Waals surface area contributed by atoms with Gasteiger partial charge in [0.05, 0.1) is 30.8 Å². The highest BCUT2D eigenvalue weighted by Crippen LogP contribution is 2.39. The fraction of sp³-hybridized carbons (Fsp3) is 0.280. The fourth-order valence-electron chi connectivity index (χ4n) is 4.78. The quantitative estimate of drug-likeness (QED) is 0.426. The third-order valence-electron chi connectivity index (χ3n) is 6.39. The van der Waals surface area contributed by atoms with Crippen LogP contribution in [0.3, 0.4) is 0 Å². The Labute approximate surface area is 191 Å². The Morgan fingerprint density at radius 1 is 1.12 bits per heavy atom. The number of hydrogen-bond acceptors (Lipinski definition) is 7. The second kappa shape index (κ2) is 8.38. The molecule has 168 valence electrons. The van der Waals surface area contributed by atoms with Gasteiger partial charge < -0.3 is 20.4 Å². The van der Waals surface area contributed by atoms with Crippen LogP contribution in [-0.4, -0.2) is 35.2 Å². The maximum atomic E-state index is 6.09. The maximum Gasteiger partial charge on any atom is 0.231 e. The van der Waals surface area contributed by atoms with E-state index in [1.807, 2.05) is 29.5 Å². The third-order valence-corrected chi connectivity index (χ3v) is 6.39. The van der Waals surface area contributed by atoms with E-state index in [1.165, 1.54) is 16.7 Å². The van der Waals surface area contributed by atoms with E-state index in [9.17, 15) is 0 Å². The molecule has 2 aromatic heterocycles. The standard InChI is InChI=1S/C25H26N6O2/c1-32-21-8-7-17-15-26-12-9-18(17)22(21)28-25-29-23-19(10-13-27-23)24(30-25)31-20(11-14-33-31)16-5-3-2-4-6-16/h2-8,10,13,20,26H,9,11-12,14-15H2,1H3,(H2,27,28,29,30)/t20-/m0/s1. The van der Waals surface area contributed by atoms with Crippen molar-refractivity contribution >= 4 is 28.5 Å². The van der Waals surface area contributed by atoms with Gasteiger partial charge in [0, 0.05) is 19.2 Å². The van der Waals surface area contributed by atoms with E-state index in [2.05, 4.69) is 45.9 Å². The fourth-order valence-corrected chi connectivity index (χ4v) is 4.78. The Bertz CT molecular complexity index is 1290. The first-order chi connectivity index (χ1) is 16.3. The van der Waals surface area contributed by atoms with E-state index < -0.39 is 0 Å². The smallest absolute Gasteiger partial charge is 0.231 e. The molecule has 0 aliphatic carbocycles. The number of H-pyrrole nitrogens is 1. The van der Waals surface area contributed by atoms with E-state index in [4.69, 9.17) is 19.5 Å². The number of nitrogens with zero attached hydrogens (tertiary/aromatic N) is 3. The van der Waals surface area contributed by atoms with E-state index in [0.717, 1.165) is 54.2 Å². The molecule has 0 spiro atoms. The summed E-state index contributed by atoms with van der Waals surface area (Å²) in [5.41, 5.74) is 5.39. The topological polar surface area (TPSA) is 87.3 Å². The molecular weight excluding hydrogens is 416 g/mol. The van der Waals surface area contributed by atoms with Gasteiger partial charge in [-0.15, -0.1) is 0 Å². The van der Waals surface area contributed by atoms with E-state index >= 15 is 0 Å². The van der Waals surface area contributed by atoms with E-state index in [1.54, 1.807) is 7.11 Å². The Morgan fingerprint density at radius 2 is 2.03 bits per heavy atom. The molecule has 1 fully saturated rings. The van der Waals surface area contributed by atoms with Crippen molar-refractivity contribution in [2.45, 2.75) is 25.4 Å². The molecule has 3 N–H and O–H groups in total. The highest BCUT2D eigenvalue weighted by molar-refractivity contribution is 5.89. The van der Waals surface area contributed by atoms with Crippen LogP contribution in [0.2, 0.25) is 0 Å². The summed E-state index contributed by atoms with van der Waals surface area (Å²) in [5, 5.41) is 9.76. The van der Waals surface area contributed by atoms with Gasteiger partial charge in [0.15, 0.2) is 5.82 Å². The van der Waals surface area contributed by atoms with Crippen LogP contribution in [0.1, 0.15) is 29.2 Å². The molecule has 2 aliphatic rings. The molecule has 2 aromatic carbocycles. The summed E-state index contributed by atoms with van der Waals surface area (Å²) in [6.45, 7) is 2.42. The van der Waals surface area contributed by atoms with Crippen LogP contribution >= 0.6 is 0 Å². The lowest BCUT2D eigenvalue weighted by molar-refractivity contribution is 0.157. The molecule has 0 amide bonds. The highest BCUT2D eigenvalue weighted by atomic mass is 16.7. The minimum Gasteiger partial charge on any atom is -0.495 e. The Balaban J connectivity index is 1.43. The van der Waals surface area contributed by atoms with Crippen molar-refractivity contribution in [1.29, 1.82) is 0 Å². The summed E-state index contributed by atoms with van der Waals surface area (Å²) in [6.07, 6.45) is 3.70. The van der Waals surface area contributed by atoms with Crippen molar-refractivity contribution in [3.63, 3.8) is 0 Å². The first-order valence-electron chi connectivity index (χ1n) is 11.3. The molecule has 33 heavy (non-hydrogen) atoms. The summed E-state index contributed by atoms with van der Waals surface area (Å²) < 4.78 is 5.68. The zero-order chi connectivity index (χ0) is 22.2. The minimum absolute atomic E-state index is 0.0946. The first-order valence-corrected chi connectivity index (χ1v) is 11.3. The van der Waals surface area contributed by atoms with Crippen LogP contribution < -0.4 is 20.4 Å². The second-order valence-electron chi connectivity index (χ2n) is 8.32. The number of aromatic amines is 1. The lowest BCUT2D eigenvalue weighted by atomic mass is 9.98. The number of nitrogens with one attached hydrogen (secondary N) is 3. The molecule has 1 atom stereocenters. The van der Waals surface area contributed by atoms with Crippen LogP contribution in [0.25, 0.3) is 11.0 Å². The van der Waals surface area contributed by atoms with Crippen molar-refractivity contribution in [3.8, 4) is 5.75 Å². The summed E-state index contributed by atoms with van der Waals surface area (Å²) in [6, 6.07) is 16.6. The molecule has 6 rings (SSSR count). The van der Waals surface area contributed by atoms with Gasteiger partial charge in [-0.25, -0.2) is 5.06 Å². The van der Waals surface area contributed by atoms with Crippen LogP contribution in [0.4, 0.5) is 17.5 Å². The number of aromatic nitrogens is 3. The van der Waals surface area contributed by atoms with Crippen molar-refractivity contribution in [1.82, 2.24) is 20.3 Å². The number of benzene rings is 2. The summed E-state index contributed by atoms with van der Waals surface area (Å²) in [7, 11) is 1.69. The Hall–Kier alpha value is -3.62. The minimum atomic E-state index is 0.0946. The highest BCUT2D eigenvalue weighted by Gasteiger charge is 2.31. The van der Waals surface area contributed by atoms with Gasteiger partial charge in [0.1, 0.15) is 11.4 Å². The Kier molecular flexibility index (Phi) is 5.09. The number of methoxy groups -OCH3 is 1. The maximum absolute atomic E-state index is 6.09. The zero-order valence-corrected chi connectivity index (χ0v) is 18.5. The molecule has 4 heterocycles. The van der Waals surface area contributed by atoms with E-state index in [-0.39, 0.29) is 6.04 Å². The van der Waals surface area contributed by atoms with Gasteiger partial charge in [0.2, 0.25) is 5.95 Å². The second-order valence-corrected chi connectivity index (χ2v) is 8.32. The van der Waals surface area contributed by atoms with Crippen LogP contribution in [0, 0.1) is 0 Å². The number of fused-ring (bicyclic) bond motifs is 2. The van der Waals surface area contributed by atoms with Crippen molar-refractivity contribution in [3.05, 3.63) is 71.4 Å². The zero-order valence-electron chi connectivity index (χ0n) is 18.5. The average molecular weight is 443 g/mol. The van der Waals surface area contributed by atoms with Crippen molar-refractivity contribution < 1.29 is 9.57 Å². The van der Waals surface area contributed by atoms with Gasteiger partial charge in [-0.05, 0) is 41.8 Å². The van der Waals surface area contributed by atoms with Gasteiger partial charge in [0.25, 0.3) is 0 Å². The number of hydrogen-bond donors (Lipinski definition) is 3. The summed E-state index contributed by atoms with van der Waals surface area (Å²) in [5.74, 6) is 2.04. The van der Waals surface area contributed by atoms with Crippen LogP contribution in [-0.2, 0) is 17.8 Å². The van der Waals surface area contributed by atoms with Gasteiger partial charge >= 0.3 is 0 Å². The molecule has 4 aromatic rings. The number of hydroxylamine groups is 1. The van der Waals surface area contributed by atoms with Crippen molar-refractivity contribution in [2.24, 2.45) is 0 Å². The van der Waals surface area contributed by atoms with Crippen LogP contribution in [0.5, 0.6) is 5.75 Å². The molecule has 8 nitrogen and oxygen atoms in total. The molecule has 0 saturated carbocycles. The number of ether oxygens (including phenoxy) is 1. The molecular formula is C25H26N6O2. The molecule has 1 saturated heterocycles. The lowest BCUT2D eigenvalue weighted by Crippen LogP contribution is -2.25. The van der Waals surface area contributed by atoms with E-state index in [0.29, 0.717) is 12.6 Å². The molecule has 0 unspecified atom stereocenters. The van der Waals surface area contributed by atoms with Crippen molar-refractivity contribution in [2.75, 3.05) is 30.6 Å². The summed E-state index contributed by atoms with van der Waals surface area (Å²) in [4.78, 5) is 19.0. The first kappa shape index (κ1) is 20.0. The average Bonchev–Trinajstić information content (AvgIpc) is 3.54.